The van der Waals surface area contributed by atoms with Gasteiger partial charge in [0.2, 0.25) is 69.7 Å². The molecule has 0 unspecified atom stereocenters. The smallest absolute Gasteiger partial charge is 0.311 e. The summed E-state index contributed by atoms with van der Waals surface area (Å²) in [5.74, 6) is -28.9. The van der Waals surface area contributed by atoms with Crippen molar-refractivity contribution in [1.82, 2.24) is 0 Å². The molecule has 0 bridgehead atoms. The molecule has 15 heteroatoms. The van der Waals surface area contributed by atoms with Gasteiger partial charge < -0.3 is 14.2 Å². The summed E-state index contributed by atoms with van der Waals surface area (Å²) in [4.78, 5) is 24.9. The molecule has 4 aromatic carbocycles. The molecule has 0 spiro atoms. The van der Waals surface area contributed by atoms with Gasteiger partial charge in [0.25, 0.3) is 0 Å². The van der Waals surface area contributed by atoms with Gasteiger partial charge in [-0.25, -0.2) is 26.3 Å². The van der Waals surface area contributed by atoms with Crippen LogP contribution in [0.2, 0.25) is 0 Å². The number of benzene rings is 4. The Labute approximate surface area is 264 Å². The Kier molecular flexibility index (Phi) is 9.17. The molecular weight excluding hydrogens is 666 g/mol. The zero-order valence-corrected chi connectivity index (χ0v) is 24.6. The SMILES string of the molecule is CC1(C)c2cccc(CCC(=O)Oc3c(F)c(F)c(F)c(F)c3F)c2Oc2c(CCC(=O)Oc3c(F)c(F)c(F)c(F)c3F)cccc21. The van der Waals surface area contributed by atoms with Crippen LogP contribution in [0.15, 0.2) is 36.4 Å². The number of hydrogen-bond donors (Lipinski definition) is 0. The average Bonchev–Trinajstić information content (AvgIpc) is 3.06. The fourth-order valence-electron chi connectivity index (χ4n) is 5.19. The summed E-state index contributed by atoms with van der Waals surface area (Å²) in [6.07, 6.45) is -1.53. The predicted octanol–water partition coefficient (Wildman–Crippen LogP) is 8.59. The maximum absolute atomic E-state index is 14.0. The van der Waals surface area contributed by atoms with Gasteiger partial charge in [-0.15, -0.1) is 0 Å². The van der Waals surface area contributed by atoms with E-state index >= 15 is 0 Å². The van der Waals surface area contributed by atoms with E-state index in [4.69, 9.17) is 4.74 Å². The first-order chi connectivity index (χ1) is 22.6. The number of aryl methyl sites for hydroxylation is 2. The summed E-state index contributed by atoms with van der Waals surface area (Å²) >= 11 is 0. The number of carbonyl (C=O) groups is 2. The van der Waals surface area contributed by atoms with Crippen LogP contribution < -0.4 is 14.2 Å². The minimum absolute atomic E-state index is 0.181. The molecule has 0 atom stereocenters. The lowest BCUT2D eigenvalue weighted by Gasteiger charge is -2.36. The van der Waals surface area contributed by atoms with Gasteiger partial charge in [-0.3, -0.25) is 9.59 Å². The monoisotopic (exact) mass is 686 g/mol. The number of ether oxygens (including phenoxy) is 3. The third kappa shape index (κ3) is 5.92. The molecule has 0 aromatic heterocycles. The first-order valence-electron chi connectivity index (χ1n) is 13.9. The molecule has 1 aliphatic heterocycles. The van der Waals surface area contributed by atoms with E-state index in [0.717, 1.165) is 0 Å². The largest absolute Gasteiger partial charge is 0.456 e. The summed E-state index contributed by atoms with van der Waals surface area (Å²) in [7, 11) is 0. The second-order valence-corrected chi connectivity index (χ2v) is 11.1. The van der Waals surface area contributed by atoms with Gasteiger partial charge in [-0.2, -0.15) is 17.6 Å². The zero-order chi connectivity index (χ0) is 35.2. The Hall–Kier alpha value is -5.08. The number of para-hydroxylation sites is 2. The molecule has 0 radical (unpaired) electrons. The topological polar surface area (TPSA) is 61.8 Å². The van der Waals surface area contributed by atoms with Gasteiger partial charge in [0.15, 0.2) is 0 Å². The van der Waals surface area contributed by atoms with Gasteiger partial charge in [-0.05, 0) is 24.0 Å². The van der Waals surface area contributed by atoms with Gasteiger partial charge in [0.05, 0.1) is 12.8 Å². The van der Waals surface area contributed by atoms with Crippen LogP contribution in [0.4, 0.5) is 43.9 Å². The maximum atomic E-state index is 14.0. The van der Waals surface area contributed by atoms with E-state index < -0.39 is 99.9 Å². The number of esters is 2. The van der Waals surface area contributed by atoms with E-state index in [1.165, 1.54) is 0 Å². The Morgan fingerprint density at radius 1 is 0.542 bits per heavy atom. The lowest BCUT2D eigenvalue weighted by Crippen LogP contribution is -2.26. The Balaban J connectivity index is 1.35. The van der Waals surface area contributed by atoms with Crippen molar-refractivity contribution >= 4 is 11.9 Å². The van der Waals surface area contributed by atoms with Gasteiger partial charge >= 0.3 is 11.9 Å². The number of fused-ring (bicyclic) bond motifs is 2. The Morgan fingerprint density at radius 3 is 1.19 bits per heavy atom. The van der Waals surface area contributed by atoms with Gasteiger partial charge in [0.1, 0.15) is 11.5 Å². The zero-order valence-electron chi connectivity index (χ0n) is 24.6. The highest BCUT2D eigenvalue weighted by Crippen LogP contribution is 2.50. The second-order valence-electron chi connectivity index (χ2n) is 11.1. The lowest BCUT2D eigenvalue weighted by atomic mass is 9.74. The standard InChI is InChI=1S/C33H20F10O5/c1-33(2)15-7-3-5-13(9-11-17(44)46-31-25(40)21(36)19(34)22(37)26(31)41)29(15)48-30-14(6-4-8-16(30)33)10-12-18(45)47-32-27(42)23(38)20(35)24(39)28(32)43/h3-8H,9-12H2,1-2H3. The summed E-state index contributed by atoms with van der Waals surface area (Å²) in [6.45, 7) is 3.66. The van der Waals surface area contributed by atoms with Crippen LogP contribution in [0.1, 0.15) is 48.9 Å². The molecule has 5 nitrogen and oxygen atoms in total. The van der Waals surface area contributed by atoms with Crippen LogP contribution in [0.25, 0.3) is 0 Å². The molecule has 0 fully saturated rings. The van der Waals surface area contributed by atoms with Crippen molar-refractivity contribution in [2.75, 3.05) is 0 Å². The van der Waals surface area contributed by atoms with Crippen molar-refractivity contribution in [3.05, 3.63) is 117 Å². The molecule has 48 heavy (non-hydrogen) atoms. The van der Waals surface area contributed by atoms with Crippen LogP contribution in [0.5, 0.6) is 23.0 Å². The first-order valence-corrected chi connectivity index (χ1v) is 13.9. The van der Waals surface area contributed by atoms with E-state index in [1.54, 1.807) is 36.4 Å². The highest BCUT2D eigenvalue weighted by molar-refractivity contribution is 5.74. The van der Waals surface area contributed by atoms with E-state index in [-0.39, 0.29) is 24.3 Å². The normalized spacial score (nSPS) is 13.0. The molecule has 4 aromatic rings. The Bertz CT molecular complexity index is 1800. The minimum Gasteiger partial charge on any atom is -0.456 e. The molecule has 0 saturated carbocycles. The van der Waals surface area contributed by atoms with Crippen LogP contribution in [0, 0.1) is 58.2 Å². The van der Waals surface area contributed by atoms with E-state index in [9.17, 15) is 53.5 Å². The van der Waals surface area contributed by atoms with Gasteiger partial charge in [0, 0.05) is 16.5 Å². The molecule has 252 valence electrons. The highest BCUT2D eigenvalue weighted by atomic mass is 19.2. The molecular formula is C33H20F10O5. The van der Waals surface area contributed by atoms with E-state index in [0.29, 0.717) is 22.3 Å². The van der Waals surface area contributed by atoms with Crippen LogP contribution >= 0.6 is 0 Å². The Morgan fingerprint density at radius 2 is 0.854 bits per heavy atom. The second kappa shape index (κ2) is 12.8. The molecule has 1 heterocycles. The number of halogens is 10. The van der Waals surface area contributed by atoms with Crippen molar-refractivity contribution in [3.8, 4) is 23.0 Å². The third-order valence-corrected chi connectivity index (χ3v) is 7.71. The number of carbonyl (C=O) groups excluding carboxylic acids is 2. The number of hydrogen-bond acceptors (Lipinski definition) is 5. The molecule has 5 rings (SSSR count). The highest BCUT2D eigenvalue weighted by Gasteiger charge is 2.37. The van der Waals surface area contributed by atoms with Crippen LogP contribution in [-0.4, -0.2) is 11.9 Å². The molecule has 0 amide bonds. The molecule has 0 N–H and O–H groups in total. The minimum atomic E-state index is -2.42. The average molecular weight is 686 g/mol. The van der Waals surface area contributed by atoms with Crippen molar-refractivity contribution in [1.29, 1.82) is 0 Å². The van der Waals surface area contributed by atoms with E-state index in [2.05, 4.69) is 9.47 Å². The predicted molar refractivity (Wildman–Crippen MR) is 145 cm³/mol. The van der Waals surface area contributed by atoms with Crippen LogP contribution in [-0.2, 0) is 27.8 Å². The fraction of sp³-hybridized carbons (Fsp3) is 0.212. The molecule has 0 aliphatic carbocycles. The summed E-state index contributed by atoms with van der Waals surface area (Å²) in [5, 5.41) is 0. The summed E-state index contributed by atoms with van der Waals surface area (Å²) < 4.78 is 152. The molecule has 0 saturated heterocycles. The summed E-state index contributed by atoms with van der Waals surface area (Å²) in [5.41, 5.74) is 1.23. The van der Waals surface area contributed by atoms with E-state index in [1.807, 2.05) is 13.8 Å². The van der Waals surface area contributed by atoms with Gasteiger partial charge in [-0.1, -0.05) is 50.2 Å². The summed E-state index contributed by atoms with van der Waals surface area (Å²) in [6, 6.07) is 9.83. The van der Waals surface area contributed by atoms with Crippen molar-refractivity contribution in [3.63, 3.8) is 0 Å². The van der Waals surface area contributed by atoms with Crippen molar-refractivity contribution in [2.45, 2.75) is 44.9 Å². The van der Waals surface area contributed by atoms with Crippen molar-refractivity contribution < 1.29 is 67.7 Å². The van der Waals surface area contributed by atoms with Crippen molar-refractivity contribution in [2.24, 2.45) is 0 Å². The first kappa shape index (κ1) is 34.3. The molecule has 1 aliphatic rings. The maximum Gasteiger partial charge on any atom is 0.311 e. The quantitative estimate of drug-likeness (QED) is 0.0611. The lowest BCUT2D eigenvalue weighted by molar-refractivity contribution is -0.135. The number of rotatable bonds is 8. The van der Waals surface area contributed by atoms with Crippen LogP contribution in [0.3, 0.4) is 0 Å². The fourth-order valence-corrected chi connectivity index (χ4v) is 5.19. The third-order valence-electron chi connectivity index (χ3n) is 7.71.